The second-order valence-corrected chi connectivity index (χ2v) is 13.6. The first-order chi connectivity index (χ1) is 16.3. The number of likely N-dealkylation sites (tertiary alicyclic amines) is 1. The molecule has 1 spiro atoms. The van der Waals surface area contributed by atoms with Crippen LogP contribution in [0.2, 0.25) is 0 Å². The van der Waals surface area contributed by atoms with Gasteiger partial charge in [0.2, 0.25) is 0 Å². The van der Waals surface area contributed by atoms with Crippen molar-refractivity contribution in [3.05, 3.63) is 22.8 Å². The highest BCUT2D eigenvalue weighted by Crippen LogP contribution is 2.64. The molecule has 2 heterocycles. The van der Waals surface area contributed by atoms with Crippen LogP contribution in [-0.4, -0.2) is 47.4 Å². The summed E-state index contributed by atoms with van der Waals surface area (Å²) in [7, 11) is 0. The Balaban J connectivity index is 1.29. The molecule has 2 aliphatic heterocycles. The van der Waals surface area contributed by atoms with E-state index in [1.54, 1.807) is 11.1 Å². The van der Waals surface area contributed by atoms with Crippen molar-refractivity contribution < 1.29 is 9.53 Å². The number of hydrogen-bond acceptors (Lipinski definition) is 3. The molecule has 6 rings (SSSR count). The third-order valence-electron chi connectivity index (χ3n) is 11.5. The lowest BCUT2D eigenvalue weighted by atomic mass is 9.56. The van der Waals surface area contributed by atoms with E-state index in [4.69, 9.17) is 16.3 Å². The molecule has 0 aromatic carbocycles. The van der Waals surface area contributed by atoms with Crippen molar-refractivity contribution in [2.24, 2.45) is 35.0 Å². The quantitative estimate of drug-likeness (QED) is 0.328. The molecule has 0 amide bonds. The number of allylic oxidation sites excluding steroid dienone is 3. The Morgan fingerprint density at radius 3 is 2.82 bits per heavy atom. The molecule has 5 unspecified atom stereocenters. The summed E-state index contributed by atoms with van der Waals surface area (Å²) in [5.74, 6) is 4.57. The van der Waals surface area contributed by atoms with Crippen LogP contribution in [0.3, 0.4) is 0 Å². The van der Waals surface area contributed by atoms with Gasteiger partial charge in [-0.2, -0.15) is 0 Å². The number of hydrogen-bond donors (Lipinski definition) is 0. The van der Waals surface area contributed by atoms with E-state index in [0.29, 0.717) is 35.6 Å². The summed E-state index contributed by atoms with van der Waals surface area (Å²) in [5.41, 5.74) is 5.14. The van der Waals surface area contributed by atoms with Crippen LogP contribution in [0.4, 0.5) is 0 Å². The second-order valence-electron chi connectivity index (χ2n) is 13.2. The summed E-state index contributed by atoms with van der Waals surface area (Å²) in [6, 6.07) is 0.527. The Labute approximate surface area is 211 Å². The smallest absolute Gasteiger partial charge is 0.155 e. The third kappa shape index (κ3) is 3.46. The summed E-state index contributed by atoms with van der Waals surface area (Å²) >= 11 is 6.23. The van der Waals surface area contributed by atoms with Crippen LogP contribution >= 0.6 is 11.6 Å². The third-order valence-corrected chi connectivity index (χ3v) is 11.7. The lowest BCUT2D eigenvalue weighted by Crippen LogP contribution is -2.52. The number of piperidine rings is 1. The lowest BCUT2D eigenvalue weighted by Gasteiger charge is -2.48. The molecule has 4 aliphatic carbocycles. The van der Waals surface area contributed by atoms with Crippen LogP contribution in [0.1, 0.15) is 85.5 Å². The molecule has 0 radical (unpaired) electrons. The van der Waals surface area contributed by atoms with E-state index >= 15 is 0 Å². The maximum absolute atomic E-state index is 12.2. The summed E-state index contributed by atoms with van der Waals surface area (Å²) in [5, 5.41) is 0. The first-order valence-electron chi connectivity index (χ1n) is 14.2. The second kappa shape index (κ2) is 8.45. The van der Waals surface area contributed by atoms with Crippen molar-refractivity contribution in [3.8, 4) is 0 Å². The number of fused-ring (bicyclic) bond motifs is 6. The van der Waals surface area contributed by atoms with E-state index in [-0.39, 0.29) is 11.0 Å². The molecule has 4 heteroatoms. The van der Waals surface area contributed by atoms with E-state index in [1.807, 2.05) is 6.08 Å². The van der Waals surface area contributed by atoms with Gasteiger partial charge >= 0.3 is 0 Å². The highest BCUT2D eigenvalue weighted by Gasteiger charge is 2.59. The molecule has 3 nitrogen and oxygen atoms in total. The van der Waals surface area contributed by atoms with Gasteiger partial charge in [0.25, 0.3) is 0 Å². The van der Waals surface area contributed by atoms with Gasteiger partial charge in [0.05, 0.1) is 11.7 Å². The van der Waals surface area contributed by atoms with Crippen molar-refractivity contribution >= 4 is 17.4 Å². The Morgan fingerprint density at radius 2 is 2.03 bits per heavy atom. The molecule has 2 saturated carbocycles. The van der Waals surface area contributed by atoms with Gasteiger partial charge in [-0.1, -0.05) is 37.5 Å². The molecule has 0 aromatic heterocycles. The fourth-order valence-electron chi connectivity index (χ4n) is 9.87. The number of carbonyl (C=O) groups is 1. The van der Waals surface area contributed by atoms with E-state index < -0.39 is 0 Å². The average Bonchev–Trinajstić information content (AvgIpc) is 3.25. The van der Waals surface area contributed by atoms with Gasteiger partial charge in [-0.05, 0) is 93.5 Å². The molecule has 4 fully saturated rings. The molecular formula is C30H44ClNO2. The molecule has 6 aliphatic rings. The number of nitrogens with zero attached hydrogens (tertiary/aromatic N) is 1. The standard InChI is InChI=1S/C30H44ClNO2/c1-18-13-27-28(32(17-18)12-11-31)20(3)30(34-27)10-8-23-24-6-5-21-14-22(33)7-9-29(21,4)26(24)15-25(23)19(2)16-30/h14,18,20,23-24,26-28H,5-13,15-17H2,1-4H3/t18?,20-,23+,24?,26+,27-,28?,29?,30?/m1/s1. The van der Waals surface area contributed by atoms with Crippen LogP contribution in [0.15, 0.2) is 22.8 Å². The highest BCUT2D eigenvalue weighted by atomic mass is 35.5. The van der Waals surface area contributed by atoms with Crippen molar-refractivity contribution in [1.29, 1.82) is 0 Å². The first-order valence-corrected chi connectivity index (χ1v) is 14.7. The highest BCUT2D eigenvalue weighted by molar-refractivity contribution is 6.18. The number of alkyl halides is 1. The maximum atomic E-state index is 12.2. The number of ether oxygens (including phenoxy) is 1. The maximum Gasteiger partial charge on any atom is 0.155 e. The van der Waals surface area contributed by atoms with E-state index in [0.717, 1.165) is 50.0 Å². The molecule has 0 aromatic rings. The Bertz CT molecular complexity index is 925. The van der Waals surface area contributed by atoms with Crippen molar-refractivity contribution in [2.75, 3.05) is 19.0 Å². The summed E-state index contributed by atoms with van der Waals surface area (Å²) in [6.45, 7) is 12.0. The van der Waals surface area contributed by atoms with Gasteiger partial charge in [0, 0.05) is 37.4 Å². The fraction of sp³-hybridized carbons (Fsp3) is 0.833. The minimum Gasteiger partial charge on any atom is -0.369 e. The van der Waals surface area contributed by atoms with Crippen LogP contribution in [0.5, 0.6) is 0 Å². The topological polar surface area (TPSA) is 29.5 Å². The lowest BCUT2D eigenvalue weighted by molar-refractivity contribution is -0.116. The van der Waals surface area contributed by atoms with Crippen LogP contribution in [-0.2, 0) is 9.53 Å². The Morgan fingerprint density at radius 1 is 1.21 bits per heavy atom. The number of ketones is 1. The Kier molecular flexibility index (Phi) is 5.90. The minimum absolute atomic E-state index is 0.00175. The first kappa shape index (κ1) is 23.7. The molecule has 2 saturated heterocycles. The number of carbonyl (C=O) groups excluding carboxylic acids is 1. The molecular weight excluding hydrogens is 442 g/mol. The molecule has 34 heavy (non-hydrogen) atoms. The van der Waals surface area contributed by atoms with Gasteiger partial charge < -0.3 is 4.74 Å². The fourth-order valence-corrected chi connectivity index (χ4v) is 10.1. The monoisotopic (exact) mass is 485 g/mol. The Hall–Kier alpha value is -0.640. The molecule has 0 N–H and O–H groups in total. The van der Waals surface area contributed by atoms with Crippen LogP contribution in [0, 0.1) is 35.0 Å². The minimum atomic E-state index is 0.00175. The average molecular weight is 486 g/mol. The largest absolute Gasteiger partial charge is 0.369 e. The van der Waals surface area contributed by atoms with Gasteiger partial charge in [-0.25, -0.2) is 0 Å². The zero-order chi connectivity index (χ0) is 23.8. The van der Waals surface area contributed by atoms with E-state index in [2.05, 4.69) is 32.6 Å². The van der Waals surface area contributed by atoms with E-state index in [9.17, 15) is 4.79 Å². The molecule has 188 valence electrons. The predicted molar refractivity (Wildman–Crippen MR) is 138 cm³/mol. The van der Waals surface area contributed by atoms with Crippen molar-refractivity contribution in [2.45, 2.75) is 103 Å². The summed E-state index contributed by atoms with van der Waals surface area (Å²) in [6.07, 6.45) is 12.7. The summed E-state index contributed by atoms with van der Waals surface area (Å²) < 4.78 is 7.16. The number of rotatable bonds is 2. The van der Waals surface area contributed by atoms with Crippen LogP contribution in [0.25, 0.3) is 0 Å². The molecule has 9 atom stereocenters. The van der Waals surface area contributed by atoms with Gasteiger partial charge in [-0.3, -0.25) is 9.69 Å². The van der Waals surface area contributed by atoms with Gasteiger partial charge in [0.15, 0.2) is 5.78 Å². The van der Waals surface area contributed by atoms with Crippen LogP contribution < -0.4 is 0 Å². The zero-order valence-electron chi connectivity index (χ0n) is 21.7. The van der Waals surface area contributed by atoms with Crippen molar-refractivity contribution in [3.63, 3.8) is 0 Å². The SMILES string of the molecule is CC1=C2C[C@H]3C(CCC4=CC(=O)CCC43C)[C@@H]2CCC2(C1)O[C@@H]1CC(C)CN(CCCl)C1[C@H]2C. The number of halogens is 1. The predicted octanol–water partition coefficient (Wildman–Crippen LogP) is 6.55. The van der Waals surface area contributed by atoms with Gasteiger partial charge in [-0.15, -0.1) is 11.6 Å². The normalized spacial score (nSPS) is 48.8. The zero-order valence-corrected chi connectivity index (χ0v) is 22.5. The molecule has 0 bridgehead atoms. The van der Waals surface area contributed by atoms with Gasteiger partial charge in [0.1, 0.15) is 0 Å². The summed E-state index contributed by atoms with van der Waals surface area (Å²) in [4.78, 5) is 14.8. The van der Waals surface area contributed by atoms with Crippen molar-refractivity contribution in [1.82, 2.24) is 4.90 Å². The van der Waals surface area contributed by atoms with E-state index in [1.165, 1.54) is 44.2 Å².